The fourth-order valence-electron chi connectivity index (χ4n) is 3.94. The third-order valence-corrected chi connectivity index (χ3v) is 7.48. The Labute approximate surface area is 239 Å². The molecular formula is C25H32Cl2FN5O5S. The van der Waals surface area contributed by atoms with Gasteiger partial charge in [0, 0.05) is 37.6 Å². The maximum atomic E-state index is 15.0. The van der Waals surface area contributed by atoms with Gasteiger partial charge in [0.05, 0.1) is 18.1 Å². The van der Waals surface area contributed by atoms with E-state index >= 15 is 0 Å². The molecule has 3 rings (SSSR count). The molecule has 39 heavy (non-hydrogen) atoms. The van der Waals surface area contributed by atoms with Crippen LogP contribution in [0.3, 0.4) is 0 Å². The van der Waals surface area contributed by atoms with Crippen molar-refractivity contribution in [2.45, 2.75) is 25.9 Å². The Kier molecular flexibility index (Phi) is 12.7. The third-order valence-electron chi connectivity index (χ3n) is 5.83. The number of nitrogens with two attached hydrogens (primary N) is 1. The zero-order valence-electron chi connectivity index (χ0n) is 21.2. The molecule has 1 saturated heterocycles. The van der Waals surface area contributed by atoms with E-state index in [1.807, 2.05) is 4.90 Å². The summed E-state index contributed by atoms with van der Waals surface area (Å²) in [6, 6.07) is 10.5. The van der Waals surface area contributed by atoms with Gasteiger partial charge in [-0.15, -0.1) is 24.8 Å². The summed E-state index contributed by atoms with van der Waals surface area (Å²) in [5.41, 5.74) is 6.61. The minimum atomic E-state index is -4.33. The fraction of sp³-hybridized carbons (Fsp3) is 0.320. The maximum Gasteiger partial charge on any atom is 0.320 e. The van der Waals surface area contributed by atoms with Crippen molar-refractivity contribution in [1.29, 1.82) is 10.8 Å². The molecular weight excluding hydrogens is 572 g/mol. The molecule has 1 aliphatic rings. The minimum absolute atomic E-state index is 0. The van der Waals surface area contributed by atoms with Crippen molar-refractivity contribution in [3.63, 3.8) is 0 Å². The number of sulfonamides is 1. The molecule has 2 aromatic rings. The fourth-order valence-corrected chi connectivity index (χ4v) is 5.15. The van der Waals surface area contributed by atoms with Crippen LogP contribution in [0.15, 0.2) is 48.5 Å². The Morgan fingerprint density at radius 1 is 1.21 bits per heavy atom. The molecule has 1 aliphatic heterocycles. The van der Waals surface area contributed by atoms with E-state index in [9.17, 15) is 17.6 Å². The van der Waals surface area contributed by atoms with Crippen LogP contribution in [0.25, 0.3) is 6.08 Å². The molecule has 5 N–H and O–H groups in total. The standard InChI is InChI=1S/C25H30FN5O5S.2ClH/c1-17(27)30-12-9-21(10-13-30)36-23-8-7-20(15-22(23)26)31(37(34,35)16-24(32)33)11-3-5-18-4-2-6-19(14-18)25(28)29;;/h2-8,14-15,21,27H,9-13,16H2,1H3,(H3,28,29)(H,32,33);2*1H/b5-3+,27-17?;;. The van der Waals surface area contributed by atoms with Gasteiger partial charge >= 0.3 is 5.97 Å². The molecule has 0 saturated carbocycles. The number of carbonyl (C=O) groups is 1. The van der Waals surface area contributed by atoms with Crippen molar-refractivity contribution >= 4 is 64.2 Å². The first-order chi connectivity index (χ1) is 17.5. The van der Waals surface area contributed by atoms with Crippen LogP contribution in [-0.2, 0) is 14.8 Å². The maximum absolute atomic E-state index is 15.0. The number of halogens is 3. The van der Waals surface area contributed by atoms with Crippen LogP contribution in [0, 0.1) is 16.6 Å². The average Bonchev–Trinajstić information content (AvgIpc) is 2.83. The zero-order chi connectivity index (χ0) is 27.2. The van der Waals surface area contributed by atoms with E-state index in [1.54, 1.807) is 37.3 Å². The summed E-state index contributed by atoms with van der Waals surface area (Å²) >= 11 is 0. The van der Waals surface area contributed by atoms with Gasteiger partial charge in [0.2, 0.25) is 10.0 Å². The number of carboxylic acids is 1. The summed E-state index contributed by atoms with van der Waals surface area (Å²) in [7, 11) is -4.33. The van der Waals surface area contributed by atoms with Gasteiger partial charge in [-0.05, 0) is 30.7 Å². The topological polar surface area (TPSA) is 161 Å². The van der Waals surface area contributed by atoms with Gasteiger partial charge in [-0.2, -0.15) is 0 Å². The number of anilines is 1. The number of rotatable bonds is 10. The first kappa shape index (κ1) is 33.7. The largest absolute Gasteiger partial charge is 0.487 e. The lowest BCUT2D eigenvalue weighted by molar-refractivity contribution is -0.134. The second-order valence-electron chi connectivity index (χ2n) is 8.63. The van der Waals surface area contributed by atoms with Crippen LogP contribution in [0.1, 0.15) is 30.9 Å². The third kappa shape index (κ3) is 9.41. The lowest BCUT2D eigenvalue weighted by Gasteiger charge is -2.33. The van der Waals surface area contributed by atoms with E-state index in [-0.39, 0.29) is 54.7 Å². The zero-order valence-corrected chi connectivity index (χ0v) is 23.6. The van der Waals surface area contributed by atoms with Crippen molar-refractivity contribution in [2.75, 3.05) is 29.7 Å². The van der Waals surface area contributed by atoms with E-state index in [2.05, 4.69) is 0 Å². The Hall–Kier alpha value is -3.35. The Morgan fingerprint density at radius 2 is 1.87 bits per heavy atom. The molecule has 0 atom stereocenters. The number of carboxylic acid groups (broad SMARTS) is 1. The first-order valence-corrected chi connectivity index (χ1v) is 13.2. The lowest BCUT2D eigenvalue weighted by atomic mass is 10.1. The number of amidine groups is 2. The van der Waals surface area contributed by atoms with Gasteiger partial charge in [0.1, 0.15) is 11.9 Å². The number of aliphatic carboxylic acids is 1. The Balaban J connectivity index is 0.00000380. The number of hydrogen-bond donors (Lipinski definition) is 4. The summed E-state index contributed by atoms with van der Waals surface area (Å²) in [6.45, 7) is 2.72. The van der Waals surface area contributed by atoms with Gasteiger partial charge in [-0.3, -0.25) is 19.9 Å². The minimum Gasteiger partial charge on any atom is -0.487 e. The van der Waals surface area contributed by atoms with Crippen molar-refractivity contribution in [2.24, 2.45) is 5.73 Å². The average molecular weight is 605 g/mol. The molecule has 0 unspecified atom stereocenters. The molecule has 1 fully saturated rings. The Bertz CT molecular complexity index is 1320. The summed E-state index contributed by atoms with van der Waals surface area (Å²) in [5.74, 6) is -3.13. The van der Waals surface area contributed by atoms with Gasteiger partial charge in [0.25, 0.3) is 0 Å². The van der Waals surface area contributed by atoms with Gasteiger partial charge in [0.15, 0.2) is 17.3 Å². The molecule has 0 radical (unpaired) electrons. The van der Waals surface area contributed by atoms with E-state index in [0.717, 1.165) is 10.4 Å². The number of nitrogens with one attached hydrogen (secondary N) is 2. The van der Waals surface area contributed by atoms with Gasteiger partial charge < -0.3 is 20.5 Å². The summed E-state index contributed by atoms with van der Waals surface area (Å²) in [5, 5.41) is 24.3. The number of hydrogen-bond acceptors (Lipinski definition) is 6. The molecule has 0 spiro atoms. The number of benzene rings is 2. The molecule has 10 nitrogen and oxygen atoms in total. The van der Waals surface area contributed by atoms with Crippen molar-refractivity contribution in [1.82, 2.24) is 4.90 Å². The number of ether oxygens (including phenoxy) is 1. The van der Waals surface area contributed by atoms with E-state index in [1.165, 1.54) is 18.2 Å². The number of likely N-dealkylation sites (tertiary alicyclic amines) is 1. The van der Waals surface area contributed by atoms with Crippen LogP contribution in [0.2, 0.25) is 0 Å². The number of piperidine rings is 1. The van der Waals surface area contributed by atoms with E-state index in [4.69, 9.17) is 26.4 Å². The predicted molar refractivity (Wildman–Crippen MR) is 155 cm³/mol. The highest BCUT2D eigenvalue weighted by Gasteiger charge is 2.27. The summed E-state index contributed by atoms with van der Waals surface area (Å²) in [6.07, 6.45) is 4.10. The molecule has 0 aliphatic carbocycles. The normalized spacial score (nSPS) is 13.7. The molecule has 0 bridgehead atoms. The smallest absolute Gasteiger partial charge is 0.320 e. The lowest BCUT2D eigenvalue weighted by Crippen LogP contribution is -2.40. The highest BCUT2D eigenvalue weighted by Crippen LogP contribution is 2.28. The van der Waals surface area contributed by atoms with Crippen LogP contribution in [0.4, 0.5) is 10.1 Å². The second kappa shape index (κ2) is 14.7. The van der Waals surface area contributed by atoms with Crippen LogP contribution < -0.4 is 14.8 Å². The van der Waals surface area contributed by atoms with Crippen LogP contribution in [-0.4, -0.2) is 67.6 Å². The molecule has 214 valence electrons. The monoisotopic (exact) mass is 603 g/mol. The highest BCUT2D eigenvalue weighted by molar-refractivity contribution is 7.93. The second-order valence-corrected chi connectivity index (χ2v) is 10.5. The van der Waals surface area contributed by atoms with Gasteiger partial charge in [-0.1, -0.05) is 30.4 Å². The van der Waals surface area contributed by atoms with Crippen LogP contribution in [0.5, 0.6) is 5.75 Å². The highest BCUT2D eigenvalue weighted by atomic mass is 35.5. The quantitative estimate of drug-likeness (QED) is 0.237. The molecule has 2 aromatic carbocycles. The number of nitrogens with zero attached hydrogens (tertiary/aromatic N) is 2. The summed E-state index contributed by atoms with van der Waals surface area (Å²) < 4.78 is 47.2. The molecule has 14 heteroatoms. The number of nitrogen functional groups attached to an aromatic ring is 1. The molecule has 1 heterocycles. The Morgan fingerprint density at radius 3 is 2.44 bits per heavy atom. The molecule has 0 amide bonds. The predicted octanol–water partition coefficient (Wildman–Crippen LogP) is 3.73. The van der Waals surface area contributed by atoms with Crippen molar-refractivity contribution in [3.05, 3.63) is 65.5 Å². The van der Waals surface area contributed by atoms with Crippen molar-refractivity contribution < 1.29 is 27.4 Å². The van der Waals surface area contributed by atoms with Gasteiger partial charge in [-0.25, -0.2) is 12.8 Å². The SMILES string of the molecule is CC(=N)N1CCC(Oc2ccc(N(C/C=C/c3cccc(C(=N)N)c3)S(=O)(=O)CC(=O)O)cc2F)CC1.Cl.Cl. The van der Waals surface area contributed by atoms with Crippen molar-refractivity contribution in [3.8, 4) is 5.75 Å². The summed E-state index contributed by atoms with van der Waals surface area (Å²) in [4.78, 5) is 13.1. The first-order valence-electron chi connectivity index (χ1n) is 11.6. The van der Waals surface area contributed by atoms with E-state index < -0.39 is 27.6 Å². The van der Waals surface area contributed by atoms with Crippen LogP contribution >= 0.6 is 24.8 Å². The van der Waals surface area contributed by atoms with E-state index in [0.29, 0.717) is 42.9 Å². The molecule has 0 aromatic heterocycles.